The standard InChI is InChI=1S/C19H17ClN2OS2/c1-12(24-19-21-16-10-15(20)6-7-17(16)25-19)18(23)22-9-8-13-4-2-3-5-14(13)11-22/h2-7,10,12H,8-9,11H2,1H3. The van der Waals surface area contributed by atoms with Gasteiger partial charge in [0.05, 0.1) is 15.5 Å². The monoisotopic (exact) mass is 388 g/mol. The zero-order valence-corrected chi connectivity index (χ0v) is 16.1. The molecule has 4 rings (SSSR count). The van der Waals surface area contributed by atoms with E-state index in [0.29, 0.717) is 11.6 Å². The summed E-state index contributed by atoms with van der Waals surface area (Å²) in [6.45, 7) is 3.46. The van der Waals surface area contributed by atoms with Crippen LogP contribution >= 0.6 is 34.7 Å². The number of nitrogens with zero attached hydrogens (tertiary/aromatic N) is 2. The Labute approximate surface area is 160 Å². The van der Waals surface area contributed by atoms with Crippen LogP contribution in [0.25, 0.3) is 10.2 Å². The fraction of sp³-hybridized carbons (Fsp3) is 0.263. The lowest BCUT2D eigenvalue weighted by atomic mass is 10.00. The molecule has 0 aliphatic carbocycles. The van der Waals surface area contributed by atoms with E-state index in [1.54, 1.807) is 11.3 Å². The first kappa shape index (κ1) is 16.9. The van der Waals surface area contributed by atoms with E-state index in [4.69, 9.17) is 11.6 Å². The molecule has 0 bridgehead atoms. The van der Waals surface area contributed by atoms with Gasteiger partial charge in [-0.05, 0) is 42.7 Å². The number of amides is 1. The van der Waals surface area contributed by atoms with Gasteiger partial charge in [0.15, 0.2) is 4.34 Å². The molecule has 1 aliphatic rings. The van der Waals surface area contributed by atoms with Crippen LogP contribution in [0.2, 0.25) is 5.02 Å². The molecule has 3 nitrogen and oxygen atoms in total. The average molecular weight is 389 g/mol. The maximum absolute atomic E-state index is 12.8. The number of aromatic nitrogens is 1. The zero-order valence-electron chi connectivity index (χ0n) is 13.7. The zero-order chi connectivity index (χ0) is 17.4. The van der Waals surface area contributed by atoms with E-state index in [1.807, 2.05) is 36.1 Å². The Kier molecular flexibility index (Phi) is 4.71. The highest BCUT2D eigenvalue weighted by Gasteiger charge is 2.26. The van der Waals surface area contributed by atoms with Crippen LogP contribution in [-0.4, -0.2) is 27.6 Å². The number of thiazole rings is 1. The molecule has 128 valence electrons. The van der Waals surface area contributed by atoms with Crippen LogP contribution in [-0.2, 0) is 17.8 Å². The molecule has 0 saturated carbocycles. The van der Waals surface area contributed by atoms with Crippen LogP contribution in [0.4, 0.5) is 0 Å². The van der Waals surface area contributed by atoms with Crippen molar-refractivity contribution in [2.75, 3.05) is 6.54 Å². The van der Waals surface area contributed by atoms with Gasteiger partial charge in [0.25, 0.3) is 0 Å². The molecule has 1 aromatic heterocycles. The molecule has 1 atom stereocenters. The number of halogens is 1. The van der Waals surface area contributed by atoms with E-state index in [1.165, 1.54) is 22.9 Å². The Morgan fingerprint density at radius 3 is 2.92 bits per heavy atom. The molecule has 1 unspecified atom stereocenters. The first-order chi connectivity index (χ1) is 12.1. The lowest BCUT2D eigenvalue weighted by molar-refractivity contribution is -0.131. The fourth-order valence-corrected chi connectivity index (χ4v) is 5.51. The Morgan fingerprint density at radius 1 is 1.28 bits per heavy atom. The fourth-order valence-electron chi connectivity index (χ4n) is 3.07. The van der Waals surface area contributed by atoms with Gasteiger partial charge in [-0.2, -0.15) is 0 Å². The van der Waals surface area contributed by atoms with Gasteiger partial charge in [-0.1, -0.05) is 47.6 Å². The average Bonchev–Trinajstić information content (AvgIpc) is 3.01. The summed E-state index contributed by atoms with van der Waals surface area (Å²) in [4.78, 5) is 19.4. The summed E-state index contributed by atoms with van der Waals surface area (Å²) < 4.78 is 2.01. The van der Waals surface area contributed by atoms with Crippen LogP contribution in [0, 0.1) is 0 Å². The highest BCUT2D eigenvalue weighted by atomic mass is 35.5. The number of rotatable bonds is 3. The minimum atomic E-state index is -0.152. The summed E-state index contributed by atoms with van der Waals surface area (Å²) in [6, 6.07) is 14.1. The van der Waals surface area contributed by atoms with Gasteiger partial charge in [-0.15, -0.1) is 11.3 Å². The summed E-state index contributed by atoms with van der Waals surface area (Å²) in [5, 5.41) is 0.534. The van der Waals surface area contributed by atoms with E-state index in [2.05, 4.69) is 23.2 Å². The van der Waals surface area contributed by atoms with Crippen molar-refractivity contribution in [3.63, 3.8) is 0 Å². The Hall–Kier alpha value is -1.56. The molecule has 0 N–H and O–H groups in total. The Morgan fingerprint density at radius 2 is 2.08 bits per heavy atom. The van der Waals surface area contributed by atoms with Crippen molar-refractivity contribution in [2.45, 2.75) is 29.5 Å². The molecule has 0 fully saturated rings. The molecular formula is C19H17ClN2OS2. The van der Waals surface area contributed by atoms with Crippen LogP contribution in [0.1, 0.15) is 18.1 Å². The van der Waals surface area contributed by atoms with Crippen LogP contribution in [0.5, 0.6) is 0 Å². The number of fused-ring (bicyclic) bond motifs is 2. The molecule has 0 radical (unpaired) electrons. The molecule has 6 heteroatoms. The van der Waals surface area contributed by atoms with Crippen LogP contribution in [0.15, 0.2) is 46.8 Å². The molecular weight excluding hydrogens is 372 g/mol. The second-order valence-corrected chi connectivity index (χ2v) is 9.19. The number of thioether (sulfide) groups is 1. The van der Waals surface area contributed by atoms with Gasteiger partial charge in [0.1, 0.15) is 0 Å². The molecule has 0 saturated heterocycles. The number of carbonyl (C=O) groups is 1. The molecule has 0 spiro atoms. The summed E-state index contributed by atoms with van der Waals surface area (Å²) in [6.07, 6.45) is 0.930. The summed E-state index contributed by atoms with van der Waals surface area (Å²) >= 11 is 9.16. The van der Waals surface area contributed by atoms with Crippen molar-refractivity contribution in [3.05, 3.63) is 58.6 Å². The maximum Gasteiger partial charge on any atom is 0.236 e. The third-order valence-corrected chi connectivity index (χ3v) is 6.85. The first-order valence-electron chi connectivity index (χ1n) is 8.18. The largest absolute Gasteiger partial charge is 0.337 e. The number of hydrogen-bond donors (Lipinski definition) is 0. The predicted molar refractivity (Wildman–Crippen MR) is 106 cm³/mol. The third-order valence-electron chi connectivity index (χ3n) is 4.40. The molecule has 2 heterocycles. The van der Waals surface area contributed by atoms with Crippen molar-refractivity contribution >= 4 is 50.8 Å². The highest BCUT2D eigenvalue weighted by molar-refractivity contribution is 8.02. The van der Waals surface area contributed by atoms with E-state index < -0.39 is 0 Å². The van der Waals surface area contributed by atoms with Gasteiger partial charge in [0.2, 0.25) is 5.91 Å². The van der Waals surface area contributed by atoms with Gasteiger partial charge in [0, 0.05) is 18.1 Å². The molecule has 2 aromatic carbocycles. The van der Waals surface area contributed by atoms with E-state index in [-0.39, 0.29) is 11.2 Å². The van der Waals surface area contributed by atoms with E-state index >= 15 is 0 Å². The number of hydrogen-bond acceptors (Lipinski definition) is 4. The second-order valence-electron chi connectivity index (χ2n) is 6.13. The van der Waals surface area contributed by atoms with Crippen LogP contribution in [0.3, 0.4) is 0 Å². The van der Waals surface area contributed by atoms with Crippen molar-refractivity contribution in [1.29, 1.82) is 0 Å². The quantitative estimate of drug-likeness (QED) is 0.591. The minimum Gasteiger partial charge on any atom is -0.337 e. The molecule has 1 aliphatic heterocycles. The SMILES string of the molecule is CC(Sc1nc2cc(Cl)ccc2s1)C(=O)N1CCc2ccccc2C1. The highest BCUT2D eigenvalue weighted by Crippen LogP contribution is 2.34. The van der Waals surface area contributed by atoms with Crippen molar-refractivity contribution in [2.24, 2.45) is 0 Å². The van der Waals surface area contributed by atoms with Crippen molar-refractivity contribution < 1.29 is 4.79 Å². The Bertz CT molecular complexity index is 940. The third kappa shape index (κ3) is 3.54. The van der Waals surface area contributed by atoms with Gasteiger partial charge >= 0.3 is 0 Å². The molecule has 1 amide bonds. The van der Waals surface area contributed by atoms with Gasteiger partial charge in [-0.3, -0.25) is 4.79 Å². The molecule has 25 heavy (non-hydrogen) atoms. The first-order valence-corrected chi connectivity index (χ1v) is 10.3. The summed E-state index contributed by atoms with van der Waals surface area (Å²) in [5.74, 6) is 0.178. The topological polar surface area (TPSA) is 33.2 Å². The van der Waals surface area contributed by atoms with Gasteiger partial charge in [-0.25, -0.2) is 4.98 Å². The molecule has 3 aromatic rings. The lowest BCUT2D eigenvalue weighted by Crippen LogP contribution is -2.40. The van der Waals surface area contributed by atoms with E-state index in [9.17, 15) is 4.79 Å². The minimum absolute atomic E-state index is 0.152. The van der Waals surface area contributed by atoms with Gasteiger partial charge < -0.3 is 4.90 Å². The Balaban J connectivity index is 1.47. The maximum atomic E-state index is 12.8. The lowest BCUT2D eigenvalue weighted by Gasteiger charge is -2.30. The summed E-state index contributed by atoms with van der Waals surface area (Å²) in [5.41, 5.74) is 3.51. The van der Waals surface area contributed by atoms with E-state index in [0.717, 1.165) is 27.5 Å². The van der Waals surface area contributed by atoms with Crippen molar-refractivity contribution in [3.8, 4) is 0 Å². The summed E-state index contributed by atoms with van der Waals surface area (Å²) in [7, 11) is 0. The smallest absolute Gasteiger partial charge is 0.236 e. The second kappa shape index (κ2) is 6.98. The van der Waals surface area contributed by atoms with Crippen LogP contribution < -0.4 is 0 Å². The number of benzene rings is 2. The van der Waals surface area contributed by atoms with Crippen molar-refractivity contribution in [1.82, 2.24) is 9.88 Å². The normalized spacial score (nSPS) is 15.2. The number of carbonyl (C=O) groups excluding carboxylic acids is 1. The predicted octanol–water partition coefficient (Wildman–Crippen LogP) is 5.02.